The molecule has 1 unspecified atom stereocenters. The van der Waals surface area contributed by atoms with Crippen molar-refractivity contribution in [2.75, 3.05) is 0 Å². The summed E-state index contributed by atoms with van der Waals surface area (Å²) in [7, 11) is 0. The molecule has 0 aromatic carbocycles. The minimum Gasteiger partial charge on any atom is -0.369 e. The zero-order chi connectivity index (χ0) is 16.8. The Morgan fingerprint density at radius 2 is 2.13 bits per heavy atom. The van der Waals surface area contributed by atoms with Crippen LogP contribution >= 0.6 is 11.6 Å². The lowest BCUT2D eigenvalue weighted by atomic mass is 9.78. The van der Waals surface area contributed by atoms with Gasteiger partial charge in [-0.2, -0.15) is 5.26 Å². The Bertz CT molecular complexity index is 629. The third kappa shape index (κ3) is 4.67. The molecular weight excluding hydrogens is 316 g/mol. The largest absolute Gasteiger partial charge is 0.369 e. The summed E-state index contributed by atoms with van der Waals surface area (Å²) in [6.07, 6.45) is 4.92. The summed E-state index contributed by atoms with van der Waals surface area (Å²) in [4.78, 5) is 27.8. The van der Waals surface area contributed by atoms with Gasteiger partial charge in [-0.25, -0.2) is 4.98 Å². The van der Waals surface area contributed by atoms with Crippen molar-refractivity contribution in [2.24, 2.45) is 17.6 Å². The number of nitriles is 1. The van der Waals surface area contributed by atoms with Crippen molar-refractivity contribution in [1.29, 1.82) is 5.26 Å². The Labute approximate surface area is 140 Å². The lowest BCUT2D eigenvalue weighted by Crippen LogP contribution is -2.45. The Hall–Kier alpha value is -2.13. The molecule has 0 radical (unpaired) electrons. The smallest absolute Gasteiger partial charge is 0.224 e. The van der Waals surface area contributed by atoms with E-state index in [0.29, 0.717) is 24.4 Å². The molecule has 0 spiro atoms. The number of carbonyl (C=O) groups excluding carboxylic acids is 2. The second-order valence-corrected chi connectivity index (χ2v) is 6.17. The van der Waals surface area contributed by atoms with Crippen LogP contribution in [-0.2, 0) is 16.0 Å². The van der Waals surface area contributed by atoms with Gasteiger partial charge in [-0.3, -0.25) is 9.59 Å². The van der Waals surface area contributed by atoms with Crippen LogP contribution in [0.2, 0.25) is 5.15 Å². The predicted molar refractivity (Wildman–Crippen MR) is 85.1 cm³/mol. The molecule has 0 saturated heterocycles. The fraction of sp³-hybridized carbons (Fsp3) is 0.500. The van der Waals surface area contributed by atoms with Crippen molar-refractivity contribution < 1.29 is 9.59 Å². The van der Waals surface area contributed by atoms with Gasteiger partial charge in [0.25, 0.3) is 0 Å². The van der Waals surface area contributed by atoms with Crippen molar-refractivity contribution in [1.82, 2.24) is 10.3 Å². The Morgan fingerprint density at radius 1 is 1.43 bits per heavy atom. The number of nitrogens with zero attached hydrogens (tertiary/aromatic N) is 2. The maximum Gasteiger partial charge on any atom is 0.224 e. The summed E-state index contributed by atoms with van der Waals surface area (Å²) >= 11 is 5.82. The van der Waals surface area contributed by atoms with Crippen molar-refractivity contribution in [3.05, 3.63) is 29.0 Å². The fourth-order valence-electron chi connectivity index (χ4n) is 3.00. The molecule has 1 fully saturated rings. The molecule has 1 aliphatic rings. The summed E-state index contributed by atoms with van der Waals surface area (Å²) < 4.78 is 0. The molecule has 1 heterocycles. The molecule has 2 amide bonds. The van der Waals surface area contributed by atoms with Gasteiger partial charge in [0.2, 0.25) is 11.8 Å². The molecule has 1 saturated carbocycles. The average Bonchev–Trinajstić information content (AvgIpc) is 2.54. The zero-order valence-corrected chi connectivity index (χ0v) is 13.4. The molecule has 3 atom stereocenters. The van der Waals surface area contributed by atoms with Crippen molar-refractivity contribution in [2.45, 2.75) is 38.1 Å². The third-order valence-corrected chi connectivity index (χ3v) is 4.38. The van der Waals surface area contributed by atoms with Gasteiger partial charge in [0.1, 0.15) is 11.2 Å². The quantitative estimate of drug-likeness (QED) is 0.796. The SMILES string of the molecule is N#CC(Cc1ccnc(Cl)c1)NC(=O)[C@@H]1CCCC[C@@H]1C(N)=O. The Kier molecular flexibility index (Phi) is 5.94. The minimum atomic E-state index is -0.684. The molecular formula is C16H19ClN4O2. The number of aromatic nitrogens is 1. The molecule has 122 valence electrons. The maximum absolute atomic E-state index is 12.4. The number of hydrogen-bond donors (Lipinski definition) is 2. The first-order valence-corrected chi connectivity index (χ1v) is 7.98. The lowest BCUT2D eigenvalue weighted by molar-refractivity contribution is -0.135. The molecule has 1 aromatic rings. The van der Waals surface area contributed by atoms with Crippen LogP contribution in [0.5, 0.6) is 0 Å². The molecule has 1 aromatic heterocycles. The van der Waals surface area contributed by atoms with E-state index < -0.39 is 23.8 Å². The van der Waals surface area contributed by atoms with E-state index in [9.17, 15) is 14.9 Å². The first-order chi connectivity index (χ1) is 11.0. The van der Waals surface area contributed by atoms with E-state index in [1.54, 1.807) is 18.3 Å². The van der Waals surface area contributed by atoms with E-state index in [1.165, 1.54) is 0 Å². The monoisotopic (exact) mass is 334 g/mol. The number of primary amides is 1. The highest BCUT2D eigenvalue weighted by molar-refractivity contribution is 6.29. The summed E-state index contributed by atoms with van der Waals surface area (Å²) in [6.45, 7) is 0. The summed E-state index contributed by atoms with van der Waals surface area (Å²) in [5.74, 6) is -1.61. The van der Waals surface area contributed by atoms with Crippen LogP contribution in [0.3, 0.4) is 0 Å². The van der Waals surface area contributed by atoms with Gasteiger partial charge >= 0.3 is 0 Å². The second kappa shape index (κ2) is 7.93. The number of nitrogens with two attached hydrogens (primary N) is 1. The molecule has 2 rings (SSSR count). The van der Waals surface area contributed by atoms with Gasteiger partial charge in [-0.15, -0.1) is 0 Å². The molecule has 0 bridgehead atoms. The fourth-order valence-corrected chi connectivity index (χ4v) is 3.19. The number of hydrogen-bond acceptors (Lipinski definition) is 4. The topological polar surface area (TPSA) is 109 Å². The highest BCUT2D eigenvalue weighted by Gasteiger charge is 2.35. The van der Waals surface area contributed by atoms with Crippen LogP contribution in [-0.4, -0.2) is 22.8 Å². The Balaban J connectivity index is 2.01. The van der Waals surface area contributed by atoms with Crippen LogP contribution in [0, 0.1) is 23.2 Å². The van der Waals surface area contributed by atoms with E-state index in [1.807, 2.05) is 0 Å². The molecule has 7 heteroatoms. The molecule has 6 nitrogen and oxygen atoms in total. The molecule has 0 aliphatic heterocycles. The number of amides is 2. The van der Waals surface area contributed by atoms with E-state index in [0.717, 1.165) is 18.4 Å². The second-order valence-electron chi connectivity index (χ2n) is 5.78. The van der Waals surface area contributed by atoms with E-state index in [2.05, 4.69) is 16.4 Å². The van der Waals surface area contributed by atoms with E-state index in [4.69, 9.17) is 17.3 Å². The average molecular weight is 335 g/mol. The number of carbonyl (C=O) groups is 2. The molecule has 1 aliphatic carbocycles. The molecule has 3 N–H and O–H groups in total. The summed E-state index contributed by atoms with van der Waals surface area (Å²) in [5.41, 5.74) is 6.21. The zero-order valence-electron chi connectivity index (χ0n) is 12.7. The standard InChI is InChI=1S/C16H19ClN4O2/c17-14-8-10(5-6-20-14)7-11(9-18)21-16(23)13-4-2-1-3-12(13)15(19)22/h5-6,8,11-13H,1-4,7H2,(H2,19,22)(H,21,23)/t11?,12-,13+/m0/s1. The number of pyridine rings is 1. The first-order valence-electron chi connectivity index (χ1n) is 7.61. The van der Waals surface area contributed by atoms with Gasteiger partial charge in [0, 0.05) is 24.5 Å². The first kappa shape index (κ1) is 17.2. The van der Waals surface area contributed by atoms with Gasteiger partial charge in [0.15, 0.2) is 0 Å². The summed E-state index contributed by atoms with van der Waals surface area (Å²) in [5, 5.41) is 12.3. The normalized spacial score (nSPS) is 21.9. The van der Waals surface area contributed by atoms with Gasteiger partial charge in [0.05, 0.1) is 6.07 Å². The highest BCUT2D eigenvalue weighted by atomic mass is 35.5. The highest BCUT2D eigenvalue weighted by Crippen LogP contribution is 2.30. The maximum atomic E-state index is 12.4. The van der Waals surface area contributed by atoms with Crippen LogP contribution < -0.4 is 11.1 Å². The minimum absolute atomic E-state index is 0.278. The lowest BCUT2D eigenvalue weighted by Gasteiger charge is -2.29. The van der Waals surface area contributed by atoms with Gasteiger partial charge in [-0.05, 0) is 30.5 Å². The van der Waals surface area contributed by atoms with E-state index in [-0.39, 0.29) is 5.91 Å². The number of halogens is 1. The predicted octanol–water partition coefficient (Wildman–Crippen LogP) is 1.58. The number of nitrogens with one attached hydrogen (secondary N) is 1. The van der Waals surface area contributed by atoms with Crippen molar-refractivity contribution in [3.8, 4) is 6.07 Å². The van der Waals surface area contributed by atoms with Crippen molar-refractivity contribution in [3.63, 3.8) is 0 Å². The summed E-state index contributed by atoms with van der Waals surface area (Å²) in [6, 6.07) is 4.79. The van der Waals surface area contributed by atoms with Crippen LogP contribution in [0.25, 0.3) is 0 Å². The van der Waals surface area contributed by atoms with Crippen LogP contribution in [0.4, 0.5) is 0 Å². The third-order valence-electron chi connectivity index (χ3n) is 4.17. The van der Waals surface area contributed by atoms with Crippen LogP contribution in [0.1, 0.15) is 31.2 Å². The van der Waals surface area contributed by atoms with Crippen molar-refractivity contribution >= 4 is 23.4 Å². The molecule has 23 heavy (non-hydrogen) atoms. The van der Waals surface area contributed by atoms with Crippen LogP contribution in [0.15, 0.2) is 18.3 Å². The van der Waals surface area contributed by atoms with E-state index >= 15 is 0 Å². The number of rotatable bonds is 5. The van der Waals surface area contributed by atoms with Gasteiger partial charge in [-0.1, -0.05) is 24.4 Å². The Morgan fingerprint density at radius 3 is 2.74 bits per heavy atom. The van der Waals surface area contributed by atoms with Gasteiger partial charge < -0.3 is 11.1 Å².